The largest absolute Gasteiger partial charge is 0.494 e. The molecule has 3 aliphatic rings. The number of likely N-dealkylation sites (N-methyl/N-ethyl adjacent to an activating group) is 2. The van der Waals surface area contributed by atoms with Crippen LogP contribution in [0.2, 0.25) is 0 Å². The highest BCUT2D eigenvalue weighted by molar-refractivity contribution is 6.02. The van der Waals surface area contributed by atoms with E-state index in [1.165, 1.54) is 37.2 Å². The van der Waals surface area contributed by atoms with Crippen LogP contribution in [0.25, 0.3) is 22.3 Å². The van der Waals surface area contributed by atoms with E-state index in [-0.39, 0.29) is 11.4 Å². The molecule has 3 saturated carbocycles. The number of carbonyl (C=O) groups excluding carboxylic acids is 1. The number of hydrogen-bond donors (Lipinski definition) is 2. The van der Waals surface area contributed by atoms with Crippen LogP contribution in [0.4, 0.5) is 23.0 Å². The molecule has 10 heteroatoms. The van der Waals surface area contributed by atoms with Gasteiger partial charge in [-0.1, -0.05) is 24.8 Å². The van der Waals surface area contributed by atoms with Crippen molar-refractivity contribution in [2.75, 3.05) is 56.9 Å². The third-order valence-corrected chi connectivity index (χ3v) is 8.34. The molecule has 0 unspecified atom stereocenters. The summed E-state index contributed by atoms with van der Waals surface area (Å²) in [6.07, 6.45) is 8.73. The fourth-order valence-electron chi connectivity index (χ4n) is 5.99. The topological polar surface area (TPSA) is 100 Å². The first-order valence-corrected chi connectivity index (χ1v) is 13.9. The number of anilines is 4. The van der Waals surface area contributed by atoms with Crippen molar-refractivity contribution in [3.8, 4) is 17.1 Å². The molecule has 0 atom stereocenters. The lowest BCUT2D eigenvalue weighted by Crippen LogP contribution is -2.58. The van der Waals surface area contributed by atoms with E-state index in [0.717, 1.165) is 35.6 Å². The summed E-state index contributed by atoms with van der Waals surface area (Å²) in [6.45, 7) is 5.20. The number of fused-ring (bicyclic) bond motifs is 1. The number of nitrogens with one attached hydrogen (secondary N) is 2. The quantitative estimate of drug-likeness (QED) is 0.254. The molecule has 0 saturated heterocycles. The second-order valence-corrected chi connectivity index (χ2v) is 11.4. The van der Waals surface area contributed by atoms with Crippen molar-refractivity contribution in [1.82, 2.24) is 24.4 Å². The molecule has 2 aromatic carbocycles. The van der Waals surface area contributed by atoms with Crippen LogP contribution in [-0.2, 0) is 10.3 Å². The summed E-state index contributed by atoms with van der Waals surface area (Å²) in [5, 5.41) is 7.36. The van der Waals surface area contributed by atoms with Crippen molar-refractivity contribution in [2.45, 2.75) is 24.8 Å². The van der Waals surface area contributed by atoms with Crippen molar-refractivity contribution in [2.24, 2.45) is 5.92 Å². The average Bonchev–Trinajstić information content (AvgIpc) is 3.29. The van der Waals surface area contributed by atoms with E-state index < -0.39 is 0 Å². The number of para-hydroxylation sites is 1. The predicted molar refractivity (Wildman–Crippen MR) is 163 cm³/mol. The van der Waals surface area contributed by atoms with Crippen LogP contribution in [0.15, 0.2) is 61.6 Å². The fraction of sp³-hybridized carbons (Fsp3) is 0.355. The van der Waals surface area contributed by atoms with E-state index in [4.69, 9.17) is 9.72 Å². The first-order chi connectivity index (χ1) is 19.8. The third kappa shape index (κ3) is 4.88. The Balaban J connectivity index is 1.34. The van der Waals surface area contributed by atoms with Crippen LogP contribution >= 0.6 is 0 Å². The molecule has 41 heavy (non-hydrogen) atoms. The van der Waals surface area contributed by atoms with Gasteiger partial charge in [0.15, 0.2) is 5.82 Å². The van der Waals surface area contributed by atoms with Gasteiger partial charge >= 0.3 is 0 Å². The zero-order chi connectivity index (χ0) is 28.7. The lowest BCUT2D eigenvalue weighted by molar-refractivity contribution is -0.111. The Kier molecular flexibility index (Phi) is 6.86. The summed E-state index contributed by atoms with van der Waals surface area (Å²) >= 11 is 0. The Morgan fingerprint density at radius 2 is 1.93 bits per heavy atom. The molecular weight excluding hydrogens is 516 g/mol. The number of methoxy groups -OCH3 is 1. The van der Waals surface area contributed by atoms with Gasteiger partial charge in [-0.2, -0.15) is 4.98 Å². The Morgan fingerprint density at radius 3 is 2.61 bits per heavy atom. The molecule has 2 aromatic heterocycles. The highest BCUT2D eigenvalue weighted by Crippen LogP contribution is 2.63. The molecule has 0 radical (unpaired) electrons. The first kappa shape index (κ1) is 26.8. The number of benzene rings is 2. The number of aromatic nitrogens is 4. The lowest BCUT2D eigenvalue weighted by atomic mass is 9.49. The molecule has 3 aliphatic carbocycles. The van der Waals surface area contributed by atoms with Crippen LogP contribution in [0.1, 0.15) is 19.3 Å². The van der Waals surface area contributed by atoms with E-state index in [2.05, 4.69) is 72.0 Å². The highest BCUT2D eigenvalue weighted by atomic mass is 16.5. The number of ether oxygens (including phenoxy) is 1. The first-order valence-electron chi connectivity index (χ1n) is 13.9. The lowest BCUT2D eigenvalue weighted by Gasteiger charge is -2.62. The zero-order valence-electron chi connectivity index (χ0n) is 24.0. The Hall–Kier alpha value is -4.44. The van der Waals surface area contributed by atoms with E-state index in [9.17, 15) is 4.79 Å². The molecule has 4 aromatic rings. The second kappa shape index (κ2) is 10.5. The van der Waals surface area contributed by atoms with Crippen LogP contribution < -0.4 is 20.3 Å². The summed E-state index contributed by atoms with van der Waals surface area (Å²) < 4.78 is 8.19. The van der Waals surface area contributed by atoms with Gasteiger partial charge in [0.25, 0.3) is 0 Å². The van der Waals surface area contributed by atoms with Gasteiger partial charge in [0.05, 0.1) is 24.2 Å². The zero-order valence-corrected chi connectivity index (χ0v) is 24.0. The van der Waals surface area contributed by atoms with E-state index >= 15 is 0 Å². The van der Waals surface area contributed by atoms with E-state index in [1.807, 2.05) is 33.3 Å². The summed E-state index contributed by atoms with van der Waals surface area (Å²) in [6, 6.07) is 12.2. The molecule has 3 fully saturated rings. The summed E-state index contributed by atoms with van der Waals surface area (Å²) in [4.78, 5) is 30.3. The molecule has 10 nitrogen and oxygen atoms in total. The minimum absolute atomic E-state index is 0.248. The molecular formula is C31H36N8O2. The van der Waals surface area contributed by atoms with Crippen molar-refractivity contribution in [3.63, 3.8) is 0 Å². The normalized spacial score (nSPS) is 18.9. The Labute approximate surface area is 240 Å². The molecule has 1 amide bonds. The van der Waals surface area contributed by atoms with Gasteiger partial charge in [-0.25, -0.2) is 9.97 Å². The van der Waals surface area contributed by atoms with Gasteiger partial charge in [0.1, 0.15) is 12.1 Å². The van der Waals surface area contributed by atoms with Gasteiger partial charge in [-0.3, -0.25) is 4.79 Å². The third-order valence-electron chi connectivity index (χ3n) is 8.34. The van der Waals surface area contributed by atoms with Crippen molar-refractivity contribution in [3.05, 3.63) is 61.6 Å². The monoisotopic (exact) mass is 552 g/mol. The maximum absolute atomic E-state index is 12.3. The maximum atomic E-state index is 12.3. The van der Waals surface area contributed by atoms with Crippen LogP contribution in [0.3, 0.4) is 0 Å². The molecule has 7 rings (SSSR count). The molecule has 2 bridgehead atoms. The average molecular weight is 553 g/mol. The molecule has 0 spiro atoms. The summed E-state index contributed by atoms with van der Waals surface area (Å²) in [5.74, 6) is 2.15. The van der Waals surface area contributed by atoms with Crippen LogP contribution in [-0.4, -0.2) is 71.7 Å². The Morgan fingerprint density at radius 1 is 1.15 bits per heavy atom. The number of carbonyl (C=O) groups is 1. The molecule has 0 aliphatic heterocycles. The SMILES string of the molecule is C=CC(=O)Nc1cc(Nc2ncnc(-c3cn(C45CC(C4)C5)c4ccccc34)n2)c(OC)cc1N(C)CCN(C)C. The number of hydrogen-bond acceptors (Lipinski definition) is 8. The minimum atomic E-state index is -0.300. The van der Waals surface area contributed by atoms with E-state index in [0.29, 0.717) is 28.9 Å². The maximum Gasteiger partial charge on any atom is 0.247 e. The van der Waals surface area contributed by atoms with Gasteiger partial charge in [-0.05, 0) is 57.5 Å². The number of nitrogens with zero attached hydrogens (tertiary/aromatic N) is 6. The highest BCUT2D eigenvalue weighted by Gasteiger charge is 2.58. The van der Waals surface area contributed by atoms with Crippen molar-refractivity contribution >= 4 is 39.8 Å². The fourth-order valence-corrected chi connectivity index (χ4v) is 5.99. The van der Waals surface area contributed by atoms with Gasteiger partial charge in [-0.15, -0.1) is 0 Å². The smallest absolute Gasteiger partial charge is 0.247 e. The standard InChI is InChI=1S/C31H36N8O2/c1-6-28(40)34-23-13-24(27(41-5)14-26(23)38(4)12-11-37(2)3)35-30-33-19-32-29(36-30)22-18-39(31-15-20(16-31)17-31)25-10-8-7-9-21(22)25/h6-10,13-14,18-20H,1,11-12,15-17H2,2-5H3,(H,34,40)(H,32,33,35,36). The van der Waals surface area contributed by atoms with Crippen LogP contribution in [0.5, 0.6) is 5.75 Å². The molecule has 2 heterocycles. The number of amides is 1. The van der Waals surface area contributed by atoms with E-state index in [1.54, 1.807) is 7.11 Å². The second-order valence-electron chi connectivity index (χ2n) is 11.4. The molecule has 212 valence electrons. The molecule has 2 N–H and O–H groups in total. The van der Waals surface area contributed by atoms with Gasteiger partial charge in [0, 0.05) is 54.4 Å². The van der Waals surface area contributed by atoms with Gasteiger partial charge < -0.3 is 29.7 Å². The Bertz CT molecular complexity index is 1610. The minimum Gasteiger partial charge on any atom is -0.494 e. The number of rotatable bonds is 11. The van der Waals surface area contributed by atoms with Crippen LogP contribution in [0, 0.1) is 5.92 Å². The van der Waals surface area contributed by atoms with Crippen molar-refractivity contribution < 1.29 is 9.53 Å². The van der Waals surface area contributed by atoms with Crippen molar-refractivity contribution in [1.29, 1.82) is 0 Å². The van der Waals surface area contributed by atoms with Gasteiger partial charge in [0.2, 0.25) is 11.9 Å². The summed E-state index contributed by atoms with van der Waals surface area (Å²) in [7, 11) is 7.65. The predicted octanol–water partition coefficient (Wildman–Crippen LogP) is 4.88. The summed E-state index contributed by atoms with van der Waals surface area (Å²) in [5.41, 5.74) is 4.51.